The van der Waals surface area contributed by atoms with Gasteiger partial charge in [0.15, 0.2) is 0 Å². The lowest BCUT2D eigenvalue weighted by atomic mass is 10.1. The number of carbonyl (C=O) groups is 1. The van der Waals surface area contributed by atoms with Crippen molar-refractivity contribution in [2.75, 3.05) is 0 Å². The molecule has 0 aliphatic heterocycles. The second-order valence-electron chi connectivity index (χ2n) is 8.87. The molecular formula is C28H21N5O5S. The number of rotatable bonds is 7. The predicted molar refractivity (Wildman–Crippen MR) is 146 cm³/mol. The first-order chi connectivity index (χ1) is 19.0. The summed E-state index contributed by atoms with van der Waals surface area (Å²) in [6.45, 7) is 0.317. The molecule has 39 heavy (non-hydrogen) atoms. The number of hydrogen-bond donors (Lipinski definition) is 1. The monoisotopic (exact) mass is 539 g/mol. The van der Waals surface area contributed by atoms with E-state index < -0.39 is 11.2 Å². The number of benzene rings is 1. The van der Waals surface area contributed by atoms with E-state index in [1.54, 1.807) is 72.2 Å². The summed E-state index contributed by atoms with van der Waals surface area (Å²) in [7, 11) is 0. The van der Waals surface area contributed by atoms with Crippen molar-refractivity contribution in [1.29, 1.82) is 0 Å². The zero-order valence-corrected chi connectivity index (χ0v) is 21.3. The molecule has 0 aliphatic carbocycles. The summed E-state index contributed by atoms with van der Waals surface area (Å²) in [6, 6.07) is 18.6. The number of thiophene rings is 1. The first-order valence-corrected chi connectivity index (χ1v) is 12.9. The maximum atomic E-state index is 13.6. The summed E-state index contributed by atoms with van der Waals surface area (Å²) in [5, 5.41) is 4.54. The van der Waals surface area contributed by atoms with Crippen LogP contribution in [0.1, 0.15) is 27.4 Å². The van der Waals surface area contributed by atoms with Crippen LogP contribution < -0.4 is 22.1 Å². The van der Waals surface area contributed by atoms with Crippen LogP contribution in [-0.2, 0) is 19.6 Å². The Labute approximate surface area is 224 Å². The van der Waals surface area contributed by atoms with Crippen LogP contribution in [0, 0.1) is 0 Å². The highest BCUT2D eigenvalue weighted by Gasteiger charge is 2.16. The van der Waals surface area contributed by atoms with E-state index in [4.69, 9.17) is 4.42 Å². The lowest BCUT2D eigenvalue weighted by Crippen LogP contribution is -2.40. The predicted octanol–water partition coefficient (Wildman–Crippen LogP) is 2.85. The molecule has 5 aromatic heterocycles. The molecule has 0 saturated heterocycles. The molecule has 1 N–H and O–H groups in total. The van der Waals surface area contributed by atoms with E-state index in [1.165, 1.54) is 37.2 Å². The highest BCUT2D eigenvalue weighted by molar-refractivity contribution is 7.17. The van der Waals surface area contributed by atoms with Crippen molar-refractivity contribution in [3.05, 3.63) is 138 Å². The van der Waals surface area contributed by atoms with E-state index in [-0.39, 0.29) is 31.1 Å². The molecule has 0 radical (unpaired) electrons. The summed E-state index contributed by atoms with van der Waals surface area (Å²) >= 11 is 1.25. The Hall–Kier alpha value is -5.03. The summed E-state index contributed by atoms with van der Waals surface area (Å²) in [5.41, 5.74) is 1.33. The van der Waals surface area contributed by atoms with Crippen LogP contribution in [0.15, 0.2) is 103 Å². The number of pyridine rings is 1. The van der Waals surface area contributed by atoms with Crippen LogP contribution in [0.25, 0.3) is 15.9 Å². The molecule has 0 unspecified atom stereocenters. The Morgan fingerprint density at radius 1 is 0.949 bits per heavy atom. The van der Waals surface area contributed by atoms with Crippen LogP contribution >= 0.6 is 11.3 Å². The highest BCUT2D eigenvalue weighted by atomic mass is 32.1. The van der Waals surface area contributed by atoms with Gasteiger partial charge < -0.3 is 9.73 Å². The van der Waals surface area contributed by atoms with Gasteiger partial charge in [0, 0.05) is 17.8 Å². The van der Waals surface area contributed by atoms with E-state index in [1.807, 2.05) is 0 Å². The minimum Gasteiger partial charge on any atom is -0.467 e. The molecule has 0 bridgehead atoms. The fourth-order valence-electron chi connectivity index (χ4n) is 4.40. The van der Waals surface area contributed by atoms with E-state index >= 15 is 0 Å². The number of hydrogen-bond acceptors (Lipinski definition) is 7. The minimum atomic E-state index is -0.513. The lowest BCUT2D eigenvalue weighted by Gasteiger charge is -2.13. The maximum Gasteiger partial charge on any atom is 0.332 e. The highest BCUT2D eigenvalue weighted by Crippen LogP contribution is 2.17. The first-order valence-electron chi connectivity index (χ1n) is 12.1. The second kappa shape index (κ2) is 10.0. The van der Waals surface area contributed by atoms with Gasteiger partial charge in [-0.25, -0.2) is 9.78 Å². The van der Waals surface area contributed by atoms with E-state index in [9.17, 15) is 19.2 Å². The van der Waals surface area contributed by atoms with Crippen molar-refractivity contribution < 1.29 is 9.21 Å². The molecule has 6 rings (SSSR count). The van der Waals surface area contributed by atoms with Crippen molar-refractivity contribution in [3.8, 4) is 0 Å². The van der Waals surface area contributed by atoms with Gasteiger partial charge >= 0.3 is 5.69 Å². The van der Waals surface area contributed by atoms with Crippen LogP contribution in [0.3, 0.4) is 0 Å². The smallest absolute Gasteiger partial charge is 0.332 e. The van der Waals surface area contributed by atoms with Gasteiger partial charge in [-0.3, -0.25) is 27.9 Å². The summed E-state index contributed by atoms with van der Waals surface area (Å²) in [5.74, 6) is 0.375. The van der Waals surface area contributed by atoms with Gasteiger partial charge in [-0.2, -0.15) is 0 Å². The summed E-state index contributed by atoms with van der Waals surface area (Å²) in [6.07, 6.45) is 3.17. The Kier molecular flexibility index (Phi) is 6.25. The fourth-order valence-corrected chi connectivity index (χ4v) is 5.24. The molecule has 194 valence electrons. The number of aromatic nitrogens is 4. The van der Waals surface area contributed by atoms with Gasteiger partial charge in [-0.1, -0.05) is 18.2 Å². The molecule has 1 aromatic carbocycles. The molecule has 0 saturated carbocycles. The molecular weight excluding hydrogens is 518 g/mol. The van der Waals surface area contributed by atoms with Crippen molar-refractivity contribution in [3.63, 3.8) is 0 Å². The average molecular weight is 540 g/mol. The number of furan rings is 1. The van der Waals surface area contributed by atoms with Crippen LogP contribution in [0.5, 0.6) is 0 Å². The van der Waals surface area contributed by atoms with E-state index in [0.717, 1.165) is 0 Å². The van der Waals surface area contributed by atoms with Crippen molar-refractivity contribution in [2.45, 2.75) is 19.6 Å². The van der Waals surface area contributed by atoms with Crippen LogP contribution in [0.4, 0.5) is 0 Å². The van der Waals surface area contributed by atoms with Gasteiger partial charge in [0.05, 0.1) is 37.1 Å². The normalized spacial score (nSPS) is 11.3. The molecule has 5 heterocycles. The first kappa shape index (κ1) is 24.3. The third-order valence-electron chi connectivity index (χ3n) is 6.34. The third-order valence-corrected chi connectivity index (χ3v) is 7.23. The van der Waals surface area contributed by atoms with Gasteiger partial charge in [0.25, 0.3) is 17.0 Å². The van der Waals surface area contributed by atoms with Gasteiger partial charge in [0.1, 0.15) is 16.1 Å². The summed E-state index contributed by atoms with van der Waals surface area (Å²) in [4.78, 5) is 56.4. The largest absolute Gasteiger partial charge is 0.467 e. The Balaban J connectivity index is 1.30. The molecule has 0 aliphatic rings. The van der Waals surface area contributed by atoms with E-state index in [0.29, 0.717) is 38.4 Å². The zero-order chi connectivity index (χ0) is 26.9. The van der Waals surface area contributed by atoms with Crippen molar-refractivity contribution in [2.24, 2.45) is 0 Å². The standard InChI is InChI=1S/C28H21N5O5S/c34-24-14-20(30-23-5-1-2-11-31(23)24)17-32-22-10-13-39-25(22)27(36)33(28(32)37)16-18-6-8-19(9-7-18)26(35)29-15-21-4-3-12-38-21/h1-14H,15-17H2,(H,29,35). The molecule has 0 atom stereocenters. The quantitative estimate of drug-likeness (QED) is 0.333. The van der Waals surface area contributed by atoms with Gasteiger partial charge in [-0.15, -0.1) is 11.3 Å². The summed E-state index contributed by atoms with van der Waals surface area (Å²) < 4.78 is 9.71. The number of nitrogens with zero attached hydrogens (tertiary/aromatic N) is 4. The van der Waals surface area contributed by atoms with E-state index in [2.05, 4.69) is 10.3 Å². The zero-order valence-electron chi connectivity index (χ0n) is 20.4. The molecule has 10 nitrogen and oxygen atoms in total. The lowest BCUT2D eigenvalue weighted by molar-refractivity contribution is 0.0948. The number of carbonyl (C=O) groups excluding carboxylic acids is 1. The van der Waals surface area contributed by atoms with Gasteiger partial charge in [-0.05, 0) is 53.4 Å². The second-order valence-corrected chi connectivity index (χ2v) is 9.78. The average Bonchev–Trinajstić information content (AvgIpc) is 3.65. The molecule has 11 heteroatoms. The number of amides is 1. The third kappa shape index (κ3) is 4.71. The van der Waals surface area contributed by atoms with Crippen LogP contribution in [0.2, 0.25) is 0 Å². The number of fused-ring (bicyclic) bond motifs is 2. The Morgan fingerprint density at radius 2 is 1.79 bits per heavy atom. The SMILES string of the molecule is O=C(NCc1ccco1)c1ccc(Cn2c(=O)c3sccc3n(Cc3cc(=O)n4ccccc4n3)c2=O)cc1. The Morgan fingerprint density at radius 3 is 2.59 bits per heavy atom. The van der Waals surface area contributed by atoms with Crippen molar-refractivity contribution in [1.82, 2.24) is 23.8 Å². The molecule has 0 fully saturated rings. The molecule has 1 amide bonds. The molecule has 0 spiro atoms. The van der Waals surface area contributed by atoms with Crippen LogP contribution in [-0.4, -0.2) is 24.4 Å². The minimum absolute atomic E-state index is 0.0214. The van der Waals surface area contributed by atoms with Crippen molar-refractivity contribution >= 4 is 33.1 Å². The molecule has 6 aromatic rings. The maximum absolute atomic E-state index is 13.6. The number of nitrogens with one attached hydrogen (secondary N) is 1. The topological polar surface area (TPSA) is 121 Å². The van der Waals surface area contributed by atoms with Gasteiger partial charge in [0.2, 0.25) is 0 Å². The fraction of sp³-hybridized carbons (Fsp3) is 0.107. The Bertz CT molecular complexity index is 2000.